The highest BCUT2D eigenvalue weighted by atomic mass is 32.2. The van der Waals surface area contributed by atoms with Crippen molar-refractivity contribution >= 4 is 17.7 Å². The third-order valence-corrected chi connectivity index (χ3v) is 4.80. The number of carbonyl (C=O) groups is 1. The second kappa shape index (κ2) is 7.79. The van der Waals surface area contributed by atoms with Crippen molar-refractivity contribution in [2.45, 2.75) is 44.5 Å². The molecule has 2 aromatic rings. The highest BCUT2D eigenvalue weighted by molar-refractivity contribution is 7.97. The minimum atomic E-state index is -0.274. The number of halogens is 1. The molecule has 128 valence electrons. The van der Waals surface area contributed by atoms with Gasteiger partial charge in [-0.2, -0.15) is 11.8 Å². The van der Waals surface area contributed by atoms with Crippen LogP contribution in [0.1, 0.15) is 46.8 Å². The number of aryl methyl sites for hydroxylation is 1. The molecule has 2 heterocycles. The fourth-order valence-electron chi connectivity index (χ4n) is 2.92. The number of thioether (sulfide) groups is 1. The molecule has 1 aromatic heterocycles. The minimum Gasteiger partial charge on any atom is -0.345 e. The Bertz CT molecular complexity index is 731. The molecule has 24 heavy (non-hydrogen) atoms. The van der Waals surface area contributed by atoms with E-state index in [4.69, 9.17) is 0 Å². The zero-order valence-corrected chi connectivity index (χ0v) is 14.5. The second-order valence-corrected chi connectivity index (χ2v) is 6.78. The standard InChI is InChI=1S/C17H21FN4OS/c1-24-11-13-9-12(6-7-14(13)18)17(23)19-10-16-21-20-15-5-3-2-4-8-22(15)16/h6-7,9H,2-5,8,10-11H2,1H3,(H,19,23). The van der Waals surface area contributed by atoms with Crippen LogP contribution in [0.4, 0.5) is 4.39 Å². The summed E-state index contributed by atoms with van der Waals surface area (Å²) >= 11 is 1.52. The zero-order chi connectivity index (χ0) is 16.9. The minimum absolute atomic E-state index is 0.219. The predicted octanol–water partition coefficient (Wildman–Crippen LogP) is 2.94. The number of hydrogen-bond donors (Lipinski definition) is 1. The first kappa shape index (κ1) is 17.0. The molecule has 1 aliphatic heterocycles. The number of fused-ring (bicyclic) bond motifs is 1. The van der Waals surface area contributed by atoms with E-state index in [2.05, 4.69) is 20.1 Å². The van der Waals surface area contributed by atoms with Crippen molar-refractivity contribution in [3.05, 3.63) is 46.8 Å². The monoisotopic (exact) mass is 348 g/mol. The van der Waals surface area contributed by atoms with Gasteiger partial charge in [-0.3, -0.25) is 4.79 Å². The first-order valence-corrected chi connectivity index (χ1v) is 9.55. The van der Waals surface area contributed by atoms with E-state index in [9.17, 15) is 9.18 Å². The molecule has 0 unspecified atom stereocenters. The van der Waals surface area contributed by atoms with Crippen molar-refractivity contribution in [1.82, 2.24) is 20.1 Å². The van der Waals surface area contributed by atoms with E-state index >= 15 is 0 Å². The van der Waals surface area contributed by atoms with Crippen molar-refractivity contribution in [3.8, 4) is 0 Å². The summed E-state index contributed by atoms with van der Waals surface area (Å²) in [6.07, 6.45) is 6.30. The van der Waals surface area contributed by atoms with Crippen LogP contribution in [-0.2, 0) is 25.3 Å². The van der Waals surface area contributed by atoms with Crippen molar-refractivity contribution in [3.63, 3.8) is 0 Å². The summed E-state index contributed by atoms with van der Waals surface area (Å²) in [5.41, 5.74) is 1.02. The molecule has 1 amide bonds. The smallest absolute Gasteiger partial charge is 0.251 e. The van der Waals surface area contributed by atoms with Gasteiger partial charge < -0.3 is 9.88 Å². The fourth-order valence-corrected chi connectivity index (χ4v) is 3.45. The lowest BCUT2D eigenvalue weighted by Crippen LogP contribution is -2.25. The van der Waals surface area contributed by atoms with Gasteiger partial charge in [-0.1, -0.05) is 6.42 Å². The van der Waals surface area contributed by atoms with Crippen LogP contribution in [0.25, 0.3) is 0 Å². The topological polar surface area (TPSA) is 59.8 Å². The first-order valence-electron chi connectivity index (χ1n) is 8.15. The molecule has 0 fully saturated rings. The van der Waals surface area contributed by atoms with Gasteiger partial charge >= 0.3 is 0 Å². The summed E-state index contributed by atoms with van der Waals surface area (Å²) in [6, 6.07) is 4.48. The molecule has 0 saturated heterocycles. The molecule has 3 rings (SSSR count). The summed E-state index contributed by atoms with van der Waals surface area (Å²) in [7, 11) is 0. The van der Waals surface area contributed by atoms with E-state index in [0.717, 1.165) is 37.5 Å². The van der Waals surface area contributed by atoms with Gasteiger partial charge in [0.15, 0.2) is 5.82 Å². The highest BCUT2D eigenvalue weighted by Gasteiger charge is 2.16. The summed E-state index contributed by atoms with van der Waals surface area (Å²) < 4.78 is 15.8. The zero-order valence-electron chi connectivity index (χ0n) is 13.7. The van der Waals surface area contributed by atoms with E-state index < -0.39 is 0 Å². The first-order chi connectivity index (χ1) is 11.7. The number of nitrogens with zero attached hydrogens (tertiary/aromatic N) is 3. The summed E-state index contributed by atoms with van der Waals surface area (Å²) in [4.78, 5) is 12.3. The summed E-state index contributed by atoms with van der Waals surface area (Å²) in [5.74, 6) is 1.84. The Morgan fingerprint density at radius 2 is 2.21 bits per heavy atom. The lowest BCUT2D eigenvalue weighted by Gasteiger charge is -2.09. The van der Waals surface area contributed by atoms with E-state index in [0.29, 0.717) is 23.4 Å². The number of carbonyl (C=O) groups excluding carboxylic acids is 1. The van der Waals surface area contributed by atoms with E-state index in [1.807, 2.05) is 6.26 Å². The Labute approximate surface area is 145 Å². The highest BCUT2D eigenvalue weighted by Crippen LogP contribution is 2.17. The Kier molecular flexibility index (Phi) is 5.50. The SMILES string of the molecule is CSCc1cc(C(=O)NCc2nnc3n2CCCCC3)ccc1F. The third kappa shape index (κ3) is 3.77. The molecule has 0 saturated carbocycles. The van der Waals surface area contributed by atoms with Crippen LogP contribution in [0.5, 0.6) is 0 Å². The second-order valence-electron chi connectivity index (χ2n) is 5.92. The van der Waals surface area contributed by atoms with Crippen molar-refractivity contribution in [1.29, 1.82) is 0 Å². The number of amides is 1. The molecule has 0 atom stereocenters. The number of aromatic nitrogens is 3. The van der Waals surface area contributed by atoms with Gasteiger partial charge in [-0.25, -0.2) is 4.39 Å². The molecule has 5 nitrogen and oxygen atoms in total. The van der Waals surface area contributed by atoms with Gasteiger partial charge in [-0.05, 0) is 42.9 Å². The van der Waals surface area contributed by atoms with Crippen LogP contribution in [0, 0.1) is 5.82 Å². The maximum atomic E-state index is 13.7. The van der Waals surface area contributed by atoms with Crippen molar-refractivity contribution in [2.24, 2.45) is 0 Å². The maximum absolute atomic E-state index is 13.7. The van der Waals surface area contributed by atoms with Crippen molar-refractivity contribution < 1.29 is 9.18 Å². The van der Waals surface area contributed by atoms with Crippen LogP contribution in [0.15, 0.2) is 18.2 Å². The van der Waals surface area contributed by atoms with Crippen LogP contribution in [-0.4, -0.2) is 26.9 Å². The molecule has 1 N–H and O–H groups in total. The van der Waals surface area contributed by atoms with Gasteiger partial charge in [0.1, 0.15) is 11.6 Å². The number of nitrogens with one attached hydrogen (secondary N) is 1. The van der Waals surface area contributed by atoms with Gasteiger partial charge in [0.2, 0.25) is 0 Å². The van der Waals surface area contributed by atoms with E-state index in [1.165, 1.54) is 30.3 Å². The number of rotatable bonds is 5. The molecule has 0 radical (unpaired) electrons. The predicted molar refractivity (Wildman–Crippen MR) is 92.4 cm³/mol. The molecule has 1 aliphatic rings. The van der Waals surface area contributed by atoms with Crippen LogP contribution in [0.2, 0.25) is 0 Å². The lowest BCUT2D eigenvalue weighted by atomic mass is 10.1. The summed E-state index contributed by atoms with van der Waals surface area (Å²) in [5, 5.41) is 11.3. The Hall–Kier alpha value is -1.89. The van der Waals surface area contributed by atoms with Gasteiger partial charge in [-0.15, -0.1) is 10.2 Å². The Balaban J connectivity index is 1.68. The molecule has 1 aromatic carbocycles. The fraction of sp³-hybridized carbons (Fsp3) is 0.471. The average Bonchev–Trinajstić information content (AvgIpc) is 2.81. The Morgan fingerprint density at radius 1 is 1.33 bits per heavy atom. The molecule has 0 spiro atoms. The molecule has 0 bridgehead atoms. The van der Waals surface area contributed by atoms with Crippen LogP contribution >= 0.6 is 11.8 Å². The Morgan fingerprint density at radius 3 is 3.04 bits per heavy atom. The average molecular weight is 348 g/mol. The van der Waals surface area contributed by atoms with E-state index in [-0.39, 0.29) is 11.7 Å². The maximum Gasteiger partial charge on any atom is 0.251 e. The molecule has 7 heteroatoms. The molecular formula is C17H21FN4OS. The van der Waals surface area contributed by atoms with E-state index in [1.54, 1.807) is 6.07 Å². The third-order valence-electron chi connectivity index (χ3n) is 4.20. The normalized spacial score (nSPS) is 14.1. The number of benzene rings is 1. The lowest BCUT2D eigenvalue weighted by molar-refractivity contribution is 0.0949. The quantitative estimate of drug-likeness (QED) is 0.902. The van der Waals surface area contributed by atoms with Gasteiger partial charge in [0, 0.05) is 24.3 Å². The van der Waals surface area contributed by atoms with Crippen LogP contribution < -0.4 is 5.32 Å². The molecular weight excluding hydrogens is 327 g/mol. The molecule has 0 aliphatic carbocycles. The van der Waals surface area contributed by atoms with Gasteiger partial charge in [0.05, 0.1) is 6.54 Å². The van der Waals surface area contributed by atoms with Crippen molar-refractivity contribution in [2.75, 3.05) is 6.26 Å². The summed E-state index contributed by atoms with van der Waals surface area (Å²) in [6.45, 7) is 1.24. The number of hydrogen-bond acceptors (Lipinski definition) is 4. The largest absolute Gasteiger partial charge is 0.345 e. The van der Waals surface area contributed by atoms with Crippen LogP contribution in [0.3, 0.4) is 0 Å². The van der Waals surface area contributed by atoms with Gasteiger partial charge in [0.25, 0.3) is 5.91 Å².